The highest BCUT2D eigenvalue weighted by atomic mass is 19.1. The van der Waals surface area contributed by atoms with Gasteiger partial charge < -0.3 is 14.8 Å². The molecule has 5 rings (SSSR count). The van der Waals surface area contributed by atoms with E-state index < -0.39 is 5.92 Å². The second kappa shape index (κ2) is 12.8. The number of carbonyl (C=O) groups excluding carboxylic acids is 1. The molecule has 8 heteroatoms. The molecule has 1 N–H and O–H groups in total. The van der Waals surface area contributed by atoms with Crippen molar-refractivity contribution < 1.29 is 18.7 Å². The minimum absolute atomic E-state index is 0.142. The third-order valence-corrected chi connectivity index (χ3v) is 6.24. The van der Waals surface area contributed by atoms with Crippen LogP contribution in [0.4, 0.5) is 10.1 Å². The monoisotopic (exact) mass is 536 g/mol. The normalized spacial score (nSPS) is 11.0. The Morgan fingerprint density at radius 1 is 0.875 bits per heavy atom. The summed E-state index contributed by atoms with van der Waals surface area (Å²) in [5.41, 5.74) is 3.67. The molecule has 7 nitrogen and oxygen atoms in total. The summed E-state index contributed by atoms with van der Waals surface area (Å²) in [6, 6.07) is 32.9. The minimum atomic E-state index is -0.464. The van der Waals surface area contributed by atoms with Crippen LogP contribution < -0.4 is 10.1 Å². The Balaban J connectivity index is 1.40. The van der Waals surface area contributed by atoms with Gasteiger partial charge in [0.1, 0.15) is 12.4 Å². The van der Waals surface area contributed by atoms with Crippen molar-refractivity contribution in [3.8, 4) is 23.1 Å². The standard InChI is InChI=1S/C32H29FN4O3/c1-2-39-20-21-40-32-35-30(25-14-9-15-26(33)22-25)37(36-32)28-18-16-27(17-19-28)34-31(38)29(23-10-5-3-6-11-23)24-12-7-4-8-13-24/h3-19,22,29H,2,20-21H2,1H3,(H,34,38). The molecule has 0 bridgehead atoms. The van der Waals surface area contributed by atoms with Gasteiger partial charge in [-0.1, -0.05) is 72.8 Å². The van der Waals surface area contributed by atoms with Crippen molar-refractivity contribution in [2.24, 2.45) is 0 Å². The van der Waals surface area contributed by atoms with Crippen LogP contribution in [0.1, 0.15) is 24.0 Å². The van der Waals surface area contributed by atoms with Crippen molar-refractivity contribution in [1.29, 1.82) is 0 Å². The van der Waals surface area contributed by atoms with E-state index in [0.29, 0.717) is 36.0 Å². The van der Waals surface area contributed by atoms with E-state index in [9.17, 15) is 9.18 Å². The minimum Gasteiger partial charge on any atom is -0.460 e. The number of nitrogens with zero attached hydrogens (tertiary/aromatic N) is 3. The average Bonchev–Trinajstić information content (AvgIpc) is 3.41. The van der Waals surface area contributed by atoms with Gasteiger partial charge >= 0.3 is 6.01 Å². The number of rotatable bonds is 11. The molecule has 202 valence electrons. The van der Waals surface area contributed by atoms with Crippen LogP contribution in [0.15, 0.2) is 109 Å². The Bertz CT molecular complexity index is 1500. The van der Waals surface area contributed by atoms with Crippen LogP contribution in [0.5, 0.6) is 6.01 Å². The highest BCUT2D eigenvalue weighted by Gasteiger charge is 2.23. The number of hydrogen-bond donors (Lipinski definition) is 1. The van der Waals surface area contributed by atoms with E-state index in [2.05, 4.69) is 15.4 Å². The zero-order valence-electron chi connectivity index (χ0n) is 22.0. The molecule has 0 saturated carbocycles. The number of aromatic nitrogens is 3. The Morgan fingerprint density at radius 2 is 1.55 bits per heavy atom. The first-order valence-electron chi connectivity index (χ1n) is 13.1. The Morgan fingerprint density at radius 3 is 2.17 bits per heavy atom. The lowest BCUT2D eigenvalue weighted by molar-refractivity contribution is -0.116. The number of halogens is 1. The maximum absolute atomic E-state index is 14.0. The van der Waals surface area contributed by atoms with Gasteiger partial charge in [0.05, 0.1) is 18.2 Å². The zero-order chi connectivity index (χ0) is 27.7. The first-order valence-corrected chi connectivity index (χ1v) is 13.1. The maximum Gasteiger partial charge on any atom is 0.336 e. The molecule has 0 aliphatic carbocycles. The Hall–Kier alpha value is -4.82. The molecule has 0 spiro atoms. The van der Waals surface area contributed by atoms with Crippen LogP contribution >= 0.6 is 0 Å². The molecular weight excluding hydrogens is 507 g/mol. The molecule has 0 fully saturated rings. The van der Waals surface area contributed by atoms with Crippen molar-refractivity contribution in [3.05, 3.63) is 126 Å². The van der Waals surface area contributed by atoms with Gasteiger partial charge in [-0.15, -0.1) is 5.10 Å². The third-order valence-electron chi connectivity index (χ3n) is 6.24. The number of amides is 1. The van der Waals surface area contributed by atoms with Crippen molar-refractivity contribution >= 4 is 11.6 Å². The summed E-state index contributed by atoms with van der Waals surface area (Å²) in [5.74, 6) is -0.559. The highest BCUT2D eigenvalue weighted by Crippen LogP contribution is 2.28. The first kappa shape index (κ1) is 26.8. The van der Waals surface area contributed by atoms with Crippen LogP contribution in [0.2, 0.25) is 0 Å². The predicted octanol–water partition coefficient (Wildman–Crippen LogP) is 6.26. The molecule has 5 aromatic rings. The van der Waals surface area contributed by atoms with Gasteiger partial charge in [-0.3, -0.25) is 4.79 Å². The Kier molecular flexibility index (Phi) is 8.58. The van der Waals surface area contributed by atoms with E-state index in [4.69, 9.17) is 9.47 Å². The van der Waals surface area contributed by atoms with E-state index >= 15 is 0 Å². The number of hydrogen-bond acceptors (Lipinski definition) is 5. The van der Waals surface area contributed by atoms with Gasteiger partial charge in [-0.2, -0.15) is 4.98 Å². The predicted molar refractivity (Wildman–Crippen MR) is 152 cm³/mol. The van der Waals surface area contributed by atoms with Crippen molar-refractivity contribution in [2.75, 3.05) is 25.1 Å². The smallest absolute Gasteiger partial charge is 0.336 e. The fourth-order valence-corrected chi connectivity index (χ4v) is 4.37. The van der Waals surface area contributed by atoms with Crippen LogP contribution in [0.25, 0.3) is 17.1 Å². The van der Waals surface area contributed by atoms with Gasteiger partial charge in [0.2, 0.25) is 5.91 Å². The maximum atomic E-state index is 14.0. The van der Waals surface area contributed by atoms with E-state index in [0.717, 1.165) is 11.1 Å². The molecule has 0 aliphatic heterocycles. The molecule has 4 aromatic carbocycles. The average molecular weight is 537 g/mol. The lowest BCUT2D eigenvalue weighted by Crippen LogP contribution is -2.22. The number of anilines is 1. The topological polar surface area (TPSA) is 78.3 Å². The molecule has 0 saturated heterocycles. The van der Waals surface area contributed by atoms with Gasteiger partial charge in [-0.25, -0.2) is 9.07 Å². The van der Waals surface area contributed by atoms with Gasteiger partial charge in [0, 0.05) is 17.9 Å². The van der Waals surface area contributed by atoms with E-state index in [-0.39, 0.29) is 24.3 Å². The number of ether oxygens (including phenoxy) is 2. The van der Waals surface area contributed by atoms with Gasteiger partial charge in [0.25, 0.3) is 0 Å². The van der Waals surface area contributed by atoms with Gasteiger partial charge in [0.15, 0.2) is 5.82 Å². The van der Waals surface area contributed by atoms with Crippen LogP contribution in [-0.4, -0.2) is 40.5 Å². The third kappa shape index (κ3) is 6.42. The van der Waals surface area contributed by atoms with E-state index in [1.165, 1.54) is 12.1 Å². The van der Waals surface area contributed by atoms with Crippen molar-refractivity contribution in [2.45, 2.75) is 12.8 Å². The van der Waals surface area contributed by atoms with Crippen molar-refractivity contribution in [3.63, 3.8) is 0 Å². The summed E-state index contributed by atoms with van der Waals surface area (Å²) in [6.45, 7) is 3.18. The van der Waals surface area contributed by atoms with E-state index in [1.807, 2.05) is 79.7 Å². The fraction of sp³-hybridized carbons (Fsp3) is 0.156. The summed E-state index contributed by atoms with van der Waals surface area (Å²) in [5, 5.41) is 7.54. The second-order valence-electron chi connectivity index (χ2n) is 8.98. The quantitative estimate of drug-likeness (QED) is 0.202. The van der Waals surface area contributed by atoms with E-state index in [1.54, 1.807) is 28.9 Å². The molecule has 0 aliphatic rings. The molecule has 40 heavy (non-hydrogen) atoms. The summed E-state index contributed by atoms with van der Waals surface area (Å²) in [6.07, 6.45) is 0. The SMILES string of the molecule is CCOCCOc1nc(-c2cccc(F)c2)n(-c2ccc(NC(=O)C(c3ccccc3)c3ccccc3)cc2)n1. The molecule has 0 unspecified atom stereocenters. The molecule has 0 radical (unpaired) electrons. The summed E-state index contributed by atoms with van der Waals surface area (Å²) >= 11 is 0. The lowest BCUT2D eigenvalue weighted by Gasteiger charge is -2.18. The molecule has 1 aromatic heterocycles. The lowest BCUT2D eigenvalue weighted by atomic mass is 9.90. The fourth-order valence-electron chi connectivity index (χ4n) is 4.37. The zero-order valence-corrected chi connectivity index (χ0v) is 22.0. The van der Waals surface area contributed by atoms with Crippen LogP contribution in [0.3, 0.4) is 0 Å². The summed E-state index contributed by atoms with van der Waals surface area (Å²) < 4.78 is 26.6. The number of benzene rings is 4. The Labute approximate surface area is 232 Å². The molecule has 1 amide bonds. The molecular formula is C32H29FN4O3. The van der Waals surface area contributed by atoms with Gasteiger partial charge in [-0.05, 0) is 54.4 Å². The number of nitrogens with one attached hydrogen (secondary N) is 1. The van der Waals surface area contributed by atoms with Crippen LogP contribution in [-0.2, 0) is 9.53 Å². The molecule has 1 heterocycles. The molecule has 0 atom stereocenters. The first-order chi connectivity index (χ1) is 19.6. The van der Waals surface area contributed by atoms with Crippen LogP contribution in [0, 0.1) is 5.82 Å². The summed E-state index contributed by atoms with van der Waals surface area (Å²) in [4.78, 5) is 18.0. The highest BCUT2D eigenvalue weighted by molar-refractivity contribution is 5.98. The summed E-state index contributed by atoms with van der Waals surface area (Å²) in [7, 11) is 0. The second-order valence-corrected chi connectivity index (χ2v) is 8.98. The number of carbonyl (C=O) groups is 1. The van der Waals surface area contributed by atoms with Crippen molar-refractivity contribution in [1.82, 2.24) is 14.8 Å². The largest absolute Gasteiger partial charge is 0.460 e.